The maximum atomic E-state index is 15.3. The average molecular weight is 646 g/mol. The number of hydrogen-bond donors (Lipinski definition) is 1. The molecule has 1 aromatic heterocycles. The molecule has 1 aromatic carbocycles. The van der Waals surface area contributed by atoms with E-state index in [0.717, 1.165) is 32.1 Å². The van der Waals surface area contributed by atoms with Crippen LogP contribution in [-0.4, -0.2) is 62.9 Å². The van der Waals surface area contributed by atoms with Gasteiger partial charge in [-0.05, 0) is 86.6 Å². The molecule has 1 unspecified atom stereocenters. The number of carbonyl (C=O) groups is 1. The summed E-state index contributed by atoms with van der Waals surface area (Å²) in [5, 5.41) is 4.80. The Morgan fingerprint density at radius 3 is 2.64 bits per heavy atom. The van der Waals surface area contributed by atoms with Gasteiger partial charge in [0.15, 0.2) is 29.2 Å². The van der Waals surface area contributed by atoms with Crippen molar-refractivity contribution in [1.82, 2.24) is 15.3 Å². The number of benzene rings is 1. The number of rotatable bonds is 10. The van der Waals surface area contributed by atoms with E-state index in [2.05, 4.69) is 68.1 Å². The predicted octanol–water partition coefficient (Wildman–Crippen LogP) is 4.96. The minimum absolute atomic E-state index is 0.0548. The molecule has 1 aliphatic heterocycles. The highest BCUT2D eigenvalue weighted by Crippen LogP contribution is 2.42. The van der Waals surface area contributed by atoms with E-state index in [0.29, 0.717) is 24.5 Å². The number of ether oxygens (including phenoxy) is 1. The molecule has 4 rings (SSSR count). The molecule has 2 aromatic rings. The number of sulfone groups is 1. The fourth-order valence-electron chi connectivity index (χ4n) is 4.51. The fourth-order valence-corrected chi connectivity index (χ4v) is 6.42. The molecule has 0 spiro atoms. The number of aromatic nitrogens is 2. The molecule has 9 nitrogen and oxygen atoms in total. The first kappa shape index (κ1) is 34.1. The largest absolute Gasteiger partial charge is 0.417 e. The van der Waals surface area contributed by atoms with Crippen molar-refractivity contribution in [3.8, 4) is 23.7 Å². The Morgan fingerprint density at radius 1 is 1.23 bits per heavy atom. The average Bonchev–Trinajstić information content (AvgIpc) is 3.57. The molecule has 1 saturated carbocycles. The lowest BCUT2D eigenvalue weighted by molar-refractivity contribution is -0.201. The van der Waals surface area contributed by atoms with E-state index in [1.54, 1.807) is 12.1 Å². The number of halogens is 1. The van der Waals surface area contributed by atoms with Crippen LogP contribution in [0.2, 0.25) is 18.1 Å². The van der Waals surface area contributed by atoms with Gasteiger partial charge in [-0.3, -0.25) is 9.48 Å². The normalized spacial score (nSPS) is 21.9. The molecule has 1 saturated heterocycles. The number of aryl methyl sites for hydroxylation is 1. The first-order valence-corrected chi connectivity index (χ1v) is 19.9. The van der Waals surface area contributed by atoms with Crippen molar-refractivity contribution < 1.29 is 31.6 Å². The Balaban J connectivity index is 1.37. The number of hydrogen-bond acceptors (Lipinski definition) is 7. The number of hydroxylamine groups is 1. The first-order valence-electron chi connectivity index (χ1n) is 15.1. The predicted molar refractivity (Wildman–Crippen MR) is 170 cm³/mol. The van der Waals surface area contributed by atoms with Crippen molar-refractivity contribution in [2.45, 2.75) is 95.5 Å². The molecule has 1 amide bonds. The molecule has 0 radical (unpaired) electrons. The lowest BCUT2D eigenvalue weighted by atomic mass is 10.1. The zero-order valence-corrected chi connectivity index (χ0v) is 28.6. The minimum Gasteiger partial charge on any atom is -0.417 e. The van der Waals surface area contributed by atoms with Gasteiger partial charge in [0.25, 0.3) is 5.91 Å². The van der Waals surface area contributed by atoms with Crippen LogP contribution >= 0.6 is 0 Å². The standard InChI is InChI=1S/C32H44FN3O6SSi/c1-31(2,3)44(6,7)41-22-25-20-24(25)13-9-8-12-23-15-16-27-26(29(23)33)21-36(34-27)18-17-32(4,43(5,38)39)30(37)35-42-28-14-10-11-19-40-28/h15-16,21,24-25,28H,10-11,14,17-20,22H2,1-7H3,(H,35,37)/t24-,25+,28?,32+/m0/s1. The number of nitrogens with zero attached hydrogens (tertiary/aromatic N) is 2. The van der Waals surface area contributed by atoms with Gasteiger partial charge >= 0.3 is 0 Å². The van der Waals surface area contributed by atoms with E-state index in [1.807, 2.05) is 0 Å². The summed E-state index contributed by atoms with van der Waals surface area (Å²) in [6.45, 7) is 13.8. The number of amides is 1. The second-order valence-electron chi connectivity index (χ2n) is 13.5. The van der Waals surface area contributed by atoms with Crippen molar-refractivity contribution in [2.75, 3.05) is 19.5 Å². The Bertz CT molecular complexity index is 1610. The van der Waals surface area contributed by atoms with Gasteiger partial charge in [0, 0.05) is 44.5 Å². The number of carbonyl (C=O) groups excluding carboxylic acids is 1. The maximum absolute atomic E-state index is 15.3. The smallest absolute Gasteiger partial charge is 0.264 e. The van der Waals surface area contributed by atoms with Crippen LogP contribution in [0.1, 0.15) is 65.4 Å². The highest BCUT2D eigenvalue weighted by atomic mass is 32.2. The van der Waals surface area contributed by atoms with Gasteiger partial charge in [0.05, 0.1) is 16.5 Å². The van der Waals surface area contributed by atoms with E-state index in [9.17, 15) is 13.2 Å². The molecule has 2 fully saturated rings. The van der Waals surface area contributed by atoms with Gasteiger partial charge in [-0.15, -0.1) is 0 Å². The van der Waals surface area contributed by atoms with Gasteiger partial charge in [0.2, 0.25) is 0 Å². The molecule has 4 atom stereocenters. The Labute approximate surface area is 261 Å². The number of fused-ring (bicyclic) bond motifs is 1. The van der Waals surface area contributed by atoms with Crippen LogP contribution in [0.25, 0.3) is 10.9 Å². The third-order valence-corrected chi connectivity index (χ3v) is 15.6. The second kappa shape index (κ2) is 13.3. The summed E-state index contributed by atoms with van der Waals surface area (Å²) >= 11 is 0. The van der Waals surface area contributed by atoms with Crippen LogP contribution in [0.5, 0.6) is 0 Å². The molecule has 2 heterocycles. The Hall–Kier alpha value is -2.74. The van der Waals surface area contributed by atoms with E-state index in [4.69, 9.17) is 14.0 Å². The fraction of sp³-hybridized carbons (Fsp3) is 0.625. The molecule has 240 valence electrons. The van der Waals surface area contributed by atoms with Crippen molar-refractivity contribution >= 4 is 35.0 Å². The summed E-state index contributed by atoms with van der Waals surface area (Å²) < 4.78 is 52.0. The zero-order valence-electron chi connectivity index (χ0n) is 26.8. The van der Waals surface area contributed by atoms with Crippen LogP contribution in [0.15, 0.2) is 18.3 Å². The molecule has 12 heteroatoms. The molecular weight excluding hydrogens is 602 g/mol. The van der Waals surface area contributed by atoms with Crippen LogP contribution in [0.4, 0.5) is 4.39 Å². The third kappa shape index (κ3) is 8.09. The van der Waals surface area contributed by atoms with Crippen LogP contribution in [0.3, 0.4) is 0 Å². The van der Waals surface area contributed by atoms with Crippen molar-refractivity contribution in [3.63, 3.8) is 0 Å². The third-order valence-electron chi connectivity index (χ3n) is 9.11. The van der Waals surface area contributed by atoms with Crippen molar-refractivity contribution in [2.24, 2.45) is 11.8 Å². The SMILES string of the molecule is CC(C)(C)[Si](C)(C)OC[C@H]1C[C@@H]1C#CC#Cc1ccc2nn(CC[C@](C)(C(=O)NOC3CCCCO3)S(C)(=O)=O)cc2c1F. The molecule has 2 aliphatic rings. The maximum Gasteiger partial charge on any atom is 0.264 e. The minimum atomic E-state index is -3.85. The summed E-state index contributed by atoms with van der Waals surface area (Å²) in [6, 6.07) is 3.21. The molecule has 1 aliphatic carbocycles. The topological polar surface area (TPSA) is 109 Å². The highest BCUT2D eigenvalue weighted by Gasteiger charge is 2.44. The van der Waals surface area contributed by atoms with Crippen molar-refractivity contribution in [3.05, 3.63) is 29.7 Å². The summed E-state index contributed by atoms with van der Waals surface area (Å²) in [4.78, 5) is 18.3. The molecular formula is C32H44FN3O6SSi. The lowest BCUT2D eigenvalue weighted by Gasteiger charge is -2.36. The van der Waals surface area contributed by atoms with Gasteiger partial charge in [0.1, 0.15) is 5.82 Å². The van der Waals surface area contributed by atoms with E-state index >= 15 is 4.39 Å². The first-order chi connectivity index (χ1) is 20.5. The van der Waals surface area contributed by atoms with Crippen LogP contribution in [0, 0.1) is 41.3 Å². The van der Waals surface area contributed by atoms with E-state index in [-0.39, 0.29) is 34.9 Å². The zero-order chi connectivity index (χ0) is 32.3. The molecule has 1 N–H and O–H groups in total. The van der Waals surface area contributed by atoms with Gasteiger partial charge in [-0.1, -0.05) is 26.7 Å². The van der Waals surface area contributed by atoms with Gasteiger partial charge in [-0.2, -0.15) is 5.10 Å². The quantitative estimate of drug-likeness (QED) is 0.221. The van der Waals surface area contributed by atoms with Gasteiger partial charge < -0.3 is 9.16 Å². The Kier molecular flexibility index (Phi) is 10.3. The summed E-state index contributed by atoms with van der Waals surface area (Å²) in [7, 11) is -5.63. The summed E-state index contributed by atoms with van der Waals surface area (Å²) in [6.07, 6.45) is 5.17. The lowest BCUT2D eigenvalue weighted by Crippen LogP contribution is -2.51. The van der Waals surface area contributed by atoms with Crippen LogP contribution in [-0.2, 0) is 35.2 Å². The van der Waals surface area contributed by atoms with E-state index in [1.165, 1.54) is 17.8 Å². The second-order valence-corrected chi connectivity index (χ2v) is 20.8. The van der Waals surface area contributed by atoms with Gasteiger partial charge in [-0.25, -0.2) is 23.1 Å². The monoisotopic (exact) mass is 645 g/mol. The highest BCUT2D eigenvalue weighted by molar-refractivity contribution is 7.92. The summed E-state index contributed by atoms with van der Waals surface area (Å²) in [5.41, 5.74) is 2.86. The van der Waals surface area contributed by atoms with Crippen molar-refractivity contribution in [1.29, 1.82) is 0 Å². The van der Waals surface area contributed by atoms with Crippen LogP contribution < -0.4 is 5.48 Å². The molecule has 0 bridgehead atoms. The Morgan fingerprint density at radius 2 is 1.98 bits per heavy atom. The van der Waals surface area contributed by atoms with E-state index < -0.39 is 40.9 Å². The number of nitrogens with one attached hydrogen (secondary N) is 1. The molecule has 44 heavy (non-hydrogen) atoms. The summed E-state index contributed by atoms with van der Waals surface area (Å²) in [5.74, 6) is 11.0.